The van der Waals surface area contributed by atoms with Gasteiger partial charge in [-0.05, 0) is 25.0 Å². The SMILES string of the molecule is CC1=NN(Cc2ccccc2C)C(=O)C1. The molecule has 78 valence electrons. The third-order valence-electron chi connectivity index (χ3n) is 2.57. The number of hydrogen-bond acceptors (Lipinski definition) is 2. The minimum absolute atomic E-state index is 0.0933. The van der Waals surface area contributed by atoms with E-state index in [1.807, 2.05) is 38.1 Å². The number of aryl methyl sites for hydroxylation is 1. The van der Waals surface area contributed by atoms with Gasteiger partial charge in [0.2, 0.25) is 5.91 Å². The molecule has 1 heterocycles. The number of hydrogen-bond donors (Lipinski definition) is 0. The molecule has 0 unspecified atom stereocenters. The summed E-state index contributed by atoms with van der Waals surface area (Å²) in [6.07, 6.45) is 0.464. The van der Waals surface area contributed by atoms with Crippen LogP contribution in [0.5, 0.6) is 0 Å². The average Bonchev–Trinajstić information content (AvgIpc) is 2.49. The van der Waals surface area contributed by atoms with E-state index in [0.717, 1.165) is 11.3 Å². The third kappa shape index (κ3) is 2.06. The predicted molar refractivity (Wildman–Crippen MR) is 59.5 cm³/mol. The lowest BCUT2D eigenvalue weighted by Crippen LogP contribution is -2.20. The Morgan fingerprint density at radius 1 is 1.33 bits per heavy atom. The highest BCUT2D eigenvalue weighted by Gasteiger charge is 2.21. The van der Waals surface area contributed by atoms with Crippen molar-refractivity contribution in [2.45, 2.75) is 26.8 Å². The average molecular weight is 202 g/mol. The normalized spacial score (nSPS) is 15.7. The Kier molecular flexibility index (Phi) is 2.54. The van der Waals surface area contributed by atoms with Gasteiger partial charge in [0.15, 0.2) is 0 Å². The van der Waals surface area contributed by atoms with Crippen molar-refractivity contribution in [1.82, 2.24) is 5.01 Å². The van der Waals surface area contributed by atoms with E-state index in [4.69, 9.17) is 0 Å². The molecule has 0 aromatic heterocycles. The second-order valence-electron chi connectivity index (χ2n) is 3.89. The molecule has 0 aliphatic carbocycles. The van der Waals surface area contributed by atoms with Crippen molar-refractivity contribution >= 4 is 11.6 Å². The molecule has 0 saturated carbocycles. The van der Waals surface area contributed by atoms with Gasteiger partial charge in [-0.2, -0.15) is 5.10 Å². The summed E-state index contributed by atoms with van der Waals surface area (Å²) in [5.74, 6) is 0.0933. The Labute approximate surface area is 89.4 Å². The zero-order valence-corrected chi connectivity index (χ0v) is 9.03. The van der Waals surface area contributed by atoms with Crippen LogP contribution in [0, 0.1) is 6.92 Å². The van der Waals surface area contributed by atoms with Crippen molar-refractivity contribution in [2.75, 3.05) is 0 Å². The summed E-state index contributed by atoms with van der Waals surface area (Å²) in [5, 5.41) is 5.76. The maximum absolute atomic E-state index is 11.5. The molecule has 3 heteroatoms. The molecule has 0 fully saturated rings. The predicted octanol–water partition coefficient (Wildman–Crippen LogP) is 2.10. The first-order valence-corrected chi connectivity index (χ1v) is 5.06. The largest absolute Gasteiger partial charge is 0.273 e. The first-order chi connectivity index (χ1) is 7.16. The van der Waals surface area contributed by atoms with E-state index in [2.05, 4.69) is 5.10 Å². The Morgan fingerprint density at radius 2 is 2.07 bits per heavy atom. The minimum Gasteiger partial charge on any atom is -0.273 e. The van der Waals surface area contributed by atoms with Crippen LogP contribution < -0.4 is 0 Å². The van der Waals surface area contributed by atoms with Gasteiger partial charge in [0.25, 0.3) is 0 Å². The van der Waals surface area contributed by atoms with Crippen molar-refractivity contribution in [3.63, 3.8) is 0 Å². The van der Waals surface area contributed by atoms with Crippen molar-refractivity contribution in [3.05, 3.63) is 35.4 Å². The first-order valence-electron chi connectivity index (χ1n) is 5.06. The molecule has 15 heavy (non-hydrogen) atoms. The molecule has 0 atom stereocenters. The van der Waals surface area contributed by atoms with Crippen LogP contribution in [0.15, 0.2) is 29.4 Å². The summed E-state index contributed by atoms with van der Waals surface area (Å²) in [5.41, 5.74) is 3.25. The minimum atomic E-state index is 0.0933. The van der Waals surface area contributed by atoms with Gasteiger partial charge in [-0.15, -0.1) is 0 Å². The van der Waals surface area contributed by atoms with Gasteiger partial charge >= 0.3 is 0 Å². The molecule has 0 N–H and O–H groups in total. The Hall–Kier alpha value is -1.64. The molecule has 0 radical (unpaired) electrons. The van der Waals surface area contributed by atoms with Gasteiger partial charge in [-0.3, -0.25) is 4.79 Å². The summed E-state index contributed by atoms with van der Waals surface area (Å²) in [6, 6.07) is 8.07. The molecule has 1 amide bonds. The first kappa shape index (κ1) is 9.90. The number of carbonyl (C=O) groups is 1. The van der Waals surface area contributed by atoms with Crippen LogP contribution in [0.1, 0.15) is 24.5 Å². The van der Waals surface area contributed by atoms with Crippen LogP contribution in [0.2, 0.25) is 0 Å². The number of carbonyl (C=O) groups excluding carboxylic acids is 1. The highest BCUT2D eigenvalue weighted by atomic mass is 16.2. The molecule has 0 spiro atoms. The van der Waals surface area contributed by atoms with Crippen LogP contribution in [-0.2, 0) is 11.3 Å². The van der Waals surface area contributed by atoms with E-state index in [1.165, 1.54) is 5.56 Å². The summed E-state index contributed by atoms with van der Waals surface area (Å²) in [6.45, 7) is 4.52. The van der Waals surface area contributed by atoms with Crippen LogP contribution >= 0.6 is 0 Å². The molecule has 1 aromatic carbocycles. The molecule has 1 aliphatic heterocycles. The maximum atomic E-state index is 11.5. The molecule has 0 saturated heterocycles. The van der Waals surface area contributed by atoms with E-state index < -0.39 is 0 Å². The quantitative estimate of drug-likeness (QED) is 0.722. The van der Waals surface area contributed by atoms with E-state index in [9.17, 15) is 4.79 Å². The van der Waals surface area contributed by atoms with Crippen molar-refractivity contribution in [3.8, 4) is 0 Å². The maximum Gasteiger partial charge on any atom is 0.248 e. The summed E-state index contributed by atoms with van der Waals surface area (Å²) < 4.78 is 0. The Bertz CT molecular complexity index is 423. The Balaban J connectivity index is 2.16. The van der Waals surface area contributed by atoms with Crippen LogP contribution in [0.4, 0.5) is 0 Å². The molecule has 1 aliphatic rings. The fourth-order valence-corrected chi connectivity index (χ4v) is 1.68. The van der Waals surface area contributed by atoms with Gasteiger partial charge < -0.3 is 0 Å². The second-order valence-corrected chi connectivity index (χ2v) is 3.89. The van der Waals surface area contributed by atoms with Crippen LogP contribution in [0.3, 0.4) is 0 Å². The standard InChI is InChI=1S/C12H14N2O/c1-9-5-3-4-6-11(9)8-14-12(15)7-10(2)13-14/h3-6H,7-8H2,1-2H3. The smallest absolute Gasteiger partial charge is 0.248 e. The number of nitrogens with zero attached hydrogens (tertiary/aromatic N) is 2. The second kappa shape index (κ2) is 3.85. The van der Waals surface area contributed by atoms with E-state index >= 15 is 0 Å². The molecule has 1 aromatic rings. The van der Waals surface area contributed by atoms with Crippen LogP contribution in [0.25, 0.3) is 0 Å². The number of benzene rings is 1. The molecular weight excluding hydrogens is 188 g/mol. The monoisotopic (exact) mass is 202 g/mol. The zero-order valence-electron chi connectivity index (χ0n) is 9.03. The summed E-state index contributed by atoms with van der Waals surface area (Å²) in [7, 11) is 0. The van der Waals surface area contributed by atoms with Gasteiger partial charge in [-0.25, -0.2) is 5.01 Å². The van der Waals surface area contributed by atoms with Gasteiger partial charge in [-0.1, -0.05) is 24.3 Å². The molecular formula is C12H14N2O. The van der Waals surface area contributed by atoms with Gasteiger partial charge in [0.05, 0.1) is 13.0 Å². The van der Waals surface area contributed by atoms with E-state index in [-0.39, 0.29) is 5.91 Å². The van der Waals surface area contributed by atoms with Crippen molar-refractivity contribution in [2.24, 2.45) is 5.10 Å². The summed E-state index contributed by atoms with van der Waals surface area (Å²) in [4.78, 5) is 11.5. The fraction of sp³-hybridized carbons (Fsp3) is 0.333. The number of amides is 1. The van der Waals surface area contributed by atoms with Crippen molar-refractivity contribution in [1.29, 1.82) is 0 Å². The van der Waals surface area contributed by atoms with E-state index in [1.54, 1.807) is 5.01 Å². The zero-order chi connectivity index (χ0) is 10.8. The molecule has 2 rings (SSSR count). The lowest BCUT2D eigenvalue weighted by molar-refractivity contribution is -0.129. The van der Waals surface area contributed by atoms with Gasteiger partial charge in [0.1, 0.15) is 0 Å². The highest BCUT2D eigenvalue weighted by molar-refractivity contribution is 6.03. The van der Waals surface area contributed by atoms with Crippen molar-refractivity contribution < 1.29 is 4.79 Å². The summed E-state index contributed by atoms with van der Waals surface area (Å²) >= 11 is 0. The molecule has 0 bridgehead atoms. The number of hydrazone groups is 1. The topological polar surface area (TPSA) is 32.7 Å². The van der Waals surface area contributed by atoms with Gasteiger partial charge in [0, 0.05) is 5.71 Å². The fourth-order valence-electron chi connectivity index (χ4n) is 1.68. The van der Waals surface area contributed by atoms with Crippen LogP contribution in [-0.4, -0.2) is 16.6 Å². The van der Waals surface area contributed by atoms with E-state index in [0.29, 0.717) is 13.0 Å². The highest BCUT2D eigenvalue weighted by Crippen LogP contribution is 2.15. The Morgan fingerprint density at radius 3 is 2.67 bits per heavy atom. The number of rotatable bonds is 2. The lowest BCUT2D eigenvalue weighted by atomic mass is 10.1. The third-order valence-corrected chi connectivity index (χ3v) is 2.57. The lowest BCUT2D eigenvalue weighted by Gasteiger charge is -2.13. The molecule has 3 nitrogen and oxygen atoms in total.